The van der Waals surface area contributed by atoms with Crippen LogP contribution in [0, 0.1) is 11.3 Å². The highest BCUT2D eigenvalue weighted by Crippen LogP contribution is 2.12. The summed E-state index contributed by atoms with van der Waals surface area (Å²) < 4.78 is 0. The lowest BCUT2D eigenvalue weighted by Gasteiger charge is -1.99. The van der Waals surface area contributed by atoms with Crippen LogP contribution in [0.25, 0.3) is 6.08 Å². The summed E-state index contributed by atoms with van der Waals surface area (Å²) >= 11 is 5.78. The molecule has 1 aromatic rings. The van der Waals surface area contributed by atoms with Crippen LogP contribution in [-0.2, 0) is 4.79 Å². The zero-order valence-corrected chi connectivity index (χ0v) is 8.88. The van der Waals surface area contributed by atoms with Gasteiger partial charge in [-0.25, -0.2) is 0 Å². The topological polar surface area (TPSA) is 52.9 Å². The summed E-state index contributed by atoms with van der Waals surface area (Å²) in [6.07, 6.45) is 1.56. The van der Waals surface area contributed by atoms with Crippen LogP contribution >= 0.6 is 11.6 Å². The molecule has 0 saturated carbocycles. The average molecular weight is 221 g/mol. The number of nitrogens with zero attached hydrogens (tertiary/aromatic N) is 1. The highest BCUT2D eigenvalue weighted by Gasteiger charge is 1.98. The molecule has 76 valence electrons. The van der Waals surface area contributed by atoms with Gasteiger partial charge in [0.1, 0.15) is 11.8 Å². The Morgan fingerprint density at radius 1 is 1.60 bits per heavy atom. The zero-order chi connectivity index (χ0) is 11.3. The summed E-state index contributed by atoms with van der Waals surface area (Å²) in [6, 6.07) is 8.91. The second kappa shape index (κ2) is 5.18. The number of nitrogens with one attached hydrogen (secondary N) is 1. The first-order chi connectivity index (χ1) is 7.11. The first-order valence-corrected chi connectivity index (χ1v) is 4.64. The summed E-state index contributed by atoms with van der Waals surface area (Å²) in [4.78, 5) is 10.7. The molecule has 1 N–H and O–H groups in total. The monoisotopic (exact) mass is 220 g/mol. The number of carbonyl (C=O) groups excluding carboxylic acids is 1. The summed E-state index contributed by atoms with van der Waals surface area (Å²) in [5.74, 6) is -0.273. The second-order valence-electron chi connectivity index (χ2n) is 2.91. The van der Waals surface area contributed by atoms with Crippen molar-refractivity contribution in [1.82, 2.24) is 5.32 Å². The second-order valence-corrected chi connectivity index (χ2v) is 3.34. The molecule has 0 bridgehead atoms. The molecule has 0 heterocycles. The molecule has 3 nitrogen and oxygen atoms in total. The molecule has 1 rings (SSSR count). The normalized spacial score (nSPS) is 10.6. The fraction of sp³-hybridized carbons (Fsp3) is 0.0909. The molecule has 0 aliphatic carbocycles. The predicted octanol–water partition coefficient (Wildman–Crippen LogP) is 2.34. The Morgan fingerprint density at radius 3 is 2.87 bits per heavy atom. The van der Waals surface area contributed by atoms with Crippen LogP contribution in [0.1, 0.15) is 12.5 Å². The van der Waals surface area contributed by atoms with Gasteiger partial charge in [0.15, 0.2) is 0 Å². The van der Waals surface area contributed by atoms with Crippen molar-refractivity contribution in [3.05, 3.63) is 40.5 Å². The van der Waals surface area contributed by atoms with Crippen LogP contribution in [-0.4, -0.2) is 5.91 Å². The van der Waals surface area contributed by atoms with Gasteiger partial charge < -0.3 is 5.32 Å². The van der Waals surface area contributed by atoms with Gasteiger partial charge in [0.05, 0.1) is 0 Å². The van der Waals surface area contributed by atoms with E-state index in [0.29, 0.717) is 5.02 Å². The molecule has 0 aliphatic heterocycles. The molecule has 0 fully saturated rings. The van der Waals surface area contributed by atoms with E-state index in [1.54, 1.807) is 30.3 Å². The van der Waals surface area contributed by atoms with E-state index < -0.39 is 0 Å². The Morgan fingerprint density at radius 2 is 2.33 bits per heavy atom. The SMILES string of the molecule is CC(=O)N/C(C#N)=C/c1cccc(Cl)c1. The van der Waals surface area contributed by atoms with Crippen molar-refractivity contribution in [2.24, 2.45) is 0 Å². The van der Waals surface area contributed by atoms with Gasteiger partial charge >= 0.3 is 0 Å². The minimum absolute atomic E-state index is 0.199. The molecule has 0 saturated heterocycles. The number of hydrogen-bond donors (Lipinski definition) is 1. The third kappa shape index (κ3) is 3.84. The molecule has 0 unspecified atom stereocenters. The fourth-order valence-corrected chi connectivity index (χ4v) is 1.25. The Bertz CT molecular complexity index is 446. The standard InChI is InChI=1S/C11H9ClN2O/c1-8(15)14-11(7-13)6-9-3-2-4-10(12)5-9/h2-6H,1H3,(H,14,15)/b11-6+. The van der Waals surface area contributed by atoms with Gasteiger partial charge in [-0.1, -0.05) is 23.7 Å². The Balaban J connectivity index is 2.94. The van der Waals surface area contributed by atoms with Crippen molar-refractivity contribution in [2.45, 2.75) is 6.92 Å². The maximum Gasteiger partial charge on any atom is 0.221 e. The number of hydrogen-bond acceptors (Lipinski definition) is 2. The predicted molar refractivity (Wildman–Crippen MR) is 58.9 cm³/mol. The lowest BCUT2D eigenvalue weighted by atomic mass is 10.2. The average Bonchev–Trinajstić information content (AvgIpc) is 2.16. The third-order valence-corrected chi connectivity index (χ3v) is 1.83. The van der Waals surface area contributed by atoms with Crippen LogP contribution < -0.4 is 5.32 Å². The maximum atomic E-state index is 10.7. The summed E-state index contributed by atoms with van der Waals surface area (Å²) in [5.41, 5.74) is 0.970. The number of benzene rings is 1. The lowest BCUT2D eigenvalue weighted by Crippen LogP contribution is -2.17. The number of amides is 1. The van der Waals surface area contributed by atoms with Crippen molar-refractivity contribution in [3.8, 4) is 6.07 Å². The van der Waals surface area contributed by atoms with Crippen molar-refractivity contribution in [3.63, 3.8) is 0 Å². The van der Waals surface area contributed by atoms with Crippen LogP contribution in [0.3, 0.4) is 0 Å². The lowest BCUT2D eigenvalue weighted by molar-refractivity contribution is -0.118. The first kappa shape index (κ1) is 11.3. The molecule has 0 atom stereocenters. The van der Waals surface area contributed by atoms with Crippen molar-refractivity contribution in [2.75, 3.05) is 0 Å². The van der Waals surface area contributed by atoms with Crippen molar-refractivity contribution in [1.29, 1.82) is 5.26 Å². The van der Waals surface area contributed by atoms with Crippen molar-refractivity contribution >= 4 is 23.6 Å². The number of allylic oxidation sites excluding steroid dienone is 1. The Hall–Kier alpha value is -1.79. The van der Waals surface area contributed by atoms with E-state index in [9.17, 15) is 4.79 Å². The van der Waals surface area contributed by atoms with E-state index in [4.69, 9.17) is 16.9 Å². The number of halogens is 1. The molecular formula is C11H9ClN2O. The van der Waals surface area contributed by atoms with Gasteiger partial charge in [0.2, 0.25) is 5.91 Å². The van der Waals surface area contributed by atoms with Crippen molar-refractivity contribution < 1.29 is 4.79 Å². The minimum atomic E-state index is -0.273. The quantitative estimate of drug-likeness (QED) is 0.778. The summed E-state index contributed by atoms with van der Waals surface area (Å²) in [5, 5.41) is 11.7. The van der Waals surface area contributed by atoms with E-state index in [-0.39, 0.29) is 11.6 Å². The molecule has 15 heavy (non-hydrogen) atoms. The summed E-state index contributed by atoms with van der Waals surface area (Å²) in [7, 11) is 0. The highest BCUT2D eigenvalue weighted by molar-refractivity contribution is 6.30. The van der Waals surface area contributed by atoms with Gasteiger partial charge in [-0.05, 0) is 23.8 Å². The summed E-state index contributed by atoms with van der Waals surface area (Å²) in [6.45, 7) is 1.35. The van der Waals surface area contributed by atoms with Crippen LogP contribution in [0.2, 0.25) is 5.02 Å². The molecule has 0 radical (unpaired) electrons. The maximum absolute atomic E-state index is 10.7. The number of carbonyl (C=O) groups is 1. The van der Waals surface area contributed by atoms with E-state index in [1.807, 2.05) is 6.07 Å². The van der Waals surface area contributed by atoms with Crippen LogP contribution in [0.4, 0.5) is 0 Å². The molecule has 1 aromatic carbocycles. The Labute approximate surface area is 93.0 Å². The van der Waals surface area contributed by atoms with Gasteiger partial charge in [-0.3, -0.25) is 4.79 Å². The van der Waals surface area contributed by atoms with Crippen LogP contribution in [0.5, 0.6) is 0 Å². The van der Waals surface area contributed by atoms with Gasteiger partial charge in [0.25, 0.3) is 0 Å². The fourth-order valence-electron chi connectivity index (χ4n) is 1.05. The first-order valence-electron chi connectivity index (χ1n) is 4.27. The van der Waals surface area contributed by atoms with Gasteiger partial charge in [-0.2, -0.15) is 5.26 Å². The number of rotatable bonds is 2. The molecule has 0 aromatic heterocycles. The number of nitriles is 1. The van der Waals surface area contributed by atoms with E-state index in [0.717, 1.165) is 5.56 Å². The highest BCUT2D eigenvalue weighted by atomic mass is 35.5. The van der Waals surface area contributed by atoms with E-state index >= 15 is 0 Å². The Kier molecular flexibility index (Phi) is 3.90. The van der Waals surface area contributed by atoms with E-state index in [2.05, 4.69) is 5.32 Å². The van der Waals surface area contributed by atoms with E-state index in [1.165, 1.54) is 6.92 Å². The molecule has 0 aliphatic rings. The third-order valence-electron chi connectivity index (χ3n) is 1.59. The molecule has 0 spiro atoms. The smallest absolute Gasteiger partial charge is 0.221 e. The van der Waals surface area contributed by atoms with Gasteiger partial charge in [-0.15, -0.1) is 0 Å². The molecule has 4 heteroatoms. The van der Waals surface area contributed by atoms with Gasteiger partial charge in [0, 0.05) is 11.9 Å². The zero-order valence-electron chi connectivity index (χ0n) is 8.12. The molecule has 1 amide bonds. The van der Waals surface area contributed by atoms with Crippen LogP contribution in [0.15, 0.2) is 30.0 Å². The minimum Gasteiger partial charge on any atom is -0.318 e. The molecular weight excluding hydrogens is 212 g/mol. The largest absolute Gasteiger partial charge is 0.318 e.